The molecule has 0 N–H and O–H groups in total. The summed E-state index contributed by atoms with van der Waals surface area (Å²) in [6, 6.07) is 5.30. The van der Waals surface area contributed by atoms with Crippen LogP contribution in [0.25, 0.3) is 0 Å². The molecule has 1 aromatic carbocycles. The maximum atomic E-state index is 10.9. The molecule has 0 aliphatic carbocycles. The molecule has 0 aliphatic heterocycles. The van der Waals surface area contributed by atoms with Gasteiger partial charge in [-0.25, -0.2) is 8.42 Å². The third-order valence-corrected chi connectivity index (χ3v) is 3.31. The lowest BCUT2D eigenvalue weighted by atomic mass is 10.1. The average molecular weight is 256 g/mol. The number of sulfone groups is 1. The lowest BCUT2D eigenvalue weighted by Gasteiger charge is -2.10. The summed E-state index contributed by atoms with van der Waals surface area (Å²) >= 11 is 0. The number of carbonyl (C=O) groups is 1. The Hall–Kier alpha value is -1.36. The Kier molecular flexibility index (Phi) is 4.69. The van der Waals surface area contributed by atoms with E-state index >= 15 is 0 Å². The molecular weight excluding hydrogens is 240 g/mol. The van der Waals surface area contributed by atoms with Gasteiger partial charge < -0.3 is 4.74 Å². The third-order valence-electron chi connectivity index (χ3n) is 2.28. The highest BCUT2D eigenvalue weighted by atomic mass is 32.2. The zero-order valence-corrected chi connectivity index (χ0v) is 10.8. The van der Waals surface area contributed by atoms with Crippen molar-refractivity contribution in [3.05, 3.63) is 29.3 Å². The molecule has 5 heteroatoms. The Balaban J connectivity index is 2.60. The normalized spacial score (nSPS) is 11.2. The van der Waals surface area contributed by atoms with E-state index in [-0.39, 0.29) is 5.75 Å². The first-order chi connectivity index (χ1) is 7.94. The van der Waals surface area contributed by atoms with Crippen LogP contribution in [0, 0.1) is 6.92 Å². The molecule has 0 saturated carbocycles. The van der Waals surface area contributed by atoms with E-state index in [0.29, 0.717) is 24.3 Å². The van der Waals surface area contributed by atoms with Crippen LogP contribution in [0.15, 0.2) is 18.2 Å². The van der Waals surface area contributed by atoms with Gasteiger partial charge in [0.15, 0.2) is 6.29 Å². The molecule has 1 rings (SSSR count). The van der Waals surface area contributed by atoms with E-state index in [2.05, 4.69) is 0 Å². The van der Waals surface area contributed by atoms with Gasteiger partial charge >= 0.3 is 0 Å². The number of hydrogen-bond acceptors (Lipinski definition) is 4. The van der Waals surface area contributed by atoms with Crippen molar-refractivity contribution in [1.29, 1.82) is 0 Å². The van der Waals surface area contributed by atoms with Gasteiger partial charge in [-0.1, -0.05) is 12.1 Å². The molecule has 0 radical (unpaired) electrons. The minimum Gasteiger partial charge on any atom is -0.493 e. The van der Waals surface area contributed by atoms with Crippen LogP contribution in [-0.2, 0) is 9.84 Å². The van der Waals surface area contributed by atoms with Crippen LogP contribution in [0.4, 0.5) is 0 Å². The van der Waals surface area contributed by atoms with Gasteiger partial charge in [0.1, 0.15) is 15.6 Å². The lowest BCUT2D eigenvalue weighted by molar-refractivity contribution is 0.111. The third kappa shape index (κ3) is 4.56. The van der Waals surface area contributed by atoms with Crippen molar-refractivity contribution in [3.63, 3.8) is 0 Å². The fraction of sp³-hybridized carbons (Fsp3) is 0.417. The molecule has 0 spiro atoms. The van der Waals surface area contributed by atoms with Crippen molar-refractivity contribution >= 4 is 16.1 Å². The monoisotopic (exact) mass is 256 g/mol. The fourth-order valence-electron chi connectivity index (χ4n) is 1.46. The van der Waals surface area contributed by atoms with Crippen molar-refractivity contribution in [2.45, 2.75) is 13.3 Å². The number of para-hydroxylation sites is 1. The van der Waals surface area contributed by atoms with E-state index in [1.807, 2.05) is 13.0 Å². The summed E-state index contributed by atoms with van der Waals surface area (Å²) in [7, 11) is -2.95. The first-order valence-corrected chi connectivity index (χ1v) is 7.35. The van der Waals surface area contributed by atoms with E-state index < -0.39 is 9.84 Å². The fourth-order valence-corrected chi connectivity index (χ4v) is 2.10. The molecule has 0 aliphatic rings. The van der Waals surface area contributed by atoms with E-state index in [9.17, 15) is 13.2 Å². The molecule has 0 fully saturated rings. The molecule has 0 unspecified atom stereocenters. The summed E-state index contributed by atoms with van der Waals surface area (Å²) in [4.78, 5) is 10.8. The summed E-state index contributed by atoms with van der Waals surface area (Å²) in [5.74, 6) is 0.631. The van der Waals surface area contributed by atoms with Gasteiger partial charge in [-0.05, 0) is 25.0 Å². The Morgan fingerprint density at radius 2 is 2.06 bits per heavy atom. The number of benzene rings is 1. The maximum absolute atomic E-state index is 10.9. The standard InChI is InChI=1S/C12H16O4S/c1-10-5-3-6-11(9-13)12(10)16-7-4-8-17(2,14)15/h3,5-6,9H,4,7-8H2,1-2H3. The van der Waals surface area contributed by atoms with E-state index in [4.69, 9.17) is 4.74 Å². The number of rotatable bonds is 6. The first-order valence-electron chi connectivity index (χ1n) is 5.29. The van der Waals surface area contributed by atoms with Crippen LogP contribution < -0.4 is 4.74 Å². The molecule has 0 amide bonds. The first kappa shape index (κ1) is 13.7. The van der Waals surface area contributed by atoms with Crippen LogP contribution in [0.3, 0.4) is 0 Å². The number of ether oxygens (including phenoxy) is 1. The molecule has 0 aromatic heterocycles. The predicted molar refractivity (Wildman–Crippen MR) is 66.4 cm³/mol. The van der Waals surface area contributed by atoms with Gasteiger partial charge in [-0.2, -0.15) is 0 Å². The van der Waals surface area contributed by atoms with Gasteiger partial charge in [-0.15, -0.1) is 0 Å². The maximum Gasteiger partial charge on any atom is 0.153 e. The molecular formula is C12H16O4S. The van der Waals surface area contributed by atoms with Crippen LogP contribution in [-0.4, -0.2) is 33.3 Å². The lowest BCUT2D eigenvalue weighted by Crippen LogP contribution is -2.09. The molecule has 0 atom stereocenters. The molecule has 17 heavy (non-hydrogen) atoms. The molecule has 1 aromatic rings. The van der Waals surface area contributed by atoms with Crippen LogP contribution in [0.5, 0.6) is 5.75 Å². The number of hydrogen-bond donors (Lipinski definition) is 0. The summed E-state index contributed by atoms with van der Waals surface area (Å²) in [6.45, 7) is 2.14. The van der Waals surface area contributed by atoms with Crippen molar-refractivity contribution in [2.24, 2.45) is 0 Å². The van der Waals surface area contributed by atoms with Crippen LogP contribution in [0.1, 0.15) is 22.3 Å². The summed E-state index contributed by atoms with van der Waals surface area (Å²) in [5, 5.41) is 0. The average Bonchev–Trinajstić information content (AvgIpc) is 2.24. The van der Waals surface area contributed by atoms with E-state index in [1.54, 1.807) is 12.1 Å². The van der Waals surface area contributed by atoms with Crippen molar-refractivity contribution in [1.82, 2.24) is 0 Å². The minimum atomic E-state index is -2.95. The van der Waals surface area contributed by atoms with E-state index in [1.165, 1.54) is 6.26 Å². The predicted octanol–water partition coefficient (Wildman–Crippen LogP) is 1.62. The SMILES string of the molecule is Cc1cccc(C=O)c1OCCCS(C)(=O)=O. The molecule has 0 saturated heterocycles. The Morgan fingerprint density at radius 3 is 2.65 bits per heavy atom. The van der Waals surface area contributed by atoms with Gasteiger partial charge in [0.25, 0.3) is 0 Å². The Morgan fingerprint density at radius 1 is 1.35 bits per heavy atom. The molecule has 4 nitrogen and oxygen atoms in total. The summed E-state index contributed by atoms with van der Waals surface area (Å²) in [6.07, 6.45) is 2.35. The van der Waals surface area contributed by atoms with Crippen molar-refractivity contribution in [2.75, 3.05) is 18.6 Å². The topological polar surface area (TPSA) is 60.4 Å². The molecule has 0 heterocycles. The van der Waals surface area contributed by atoms with Gasteiger partial charge in [0, 0.05) is 6.26 Å². The smallest absolute Gasteiger partial charge is 0.153 e. The molecule has 94 valence electrons. The number of aryl methyl sites for hydroxylation is 1. The zero-order chi connectivity index (χ0) is 12.9. The Labute approximate surface area is 102 Å². The summed E-state index contributed by atoms with van der Waals surface area (Å²) in [5.41, 5.74) is 1.36. The highest BCUT2D eigenvalue weighted by Gasteiger charge is 2.07. The van der Waals surface area contributed by atoms with Crippen LogP contribution >= 0.6 is 0 Å². The second kappa shape index (κ2) is 5.82. The number of carbonyl (C=O) groups excluding carboxylic acids is 1. The Bertz CT molecular complexity index is 491. The second-order valence-electron chi connectivity index (χ2n) is 3.94. The number of aldehydes is 1. The minimum absolute atomic E-state index is 0.0926. The van der Waals surface area contributed by atoms with Gasteiger partial charge in [0.05, 0.1) is 17.9 Å². The largest absolute Gasteiger partial charge is 0.493 e. The van der Waals surface area contributed by atoms with E-state index in [0.717, 1.165) is 11.8 Å². The highest BCUT2D eigenvalue weighted by molar-refractivity contribution is 7.90. The second-order valence-corrected chi connectivity index (χ2v) is 6.20. The zero-order valence-electron chi connectivity index (χ0n) is 9.97. The van der Waals surface area contributed by atoms with Crippen LogP contribution in [0.2, 0.25) is 0 Å². The van der Waals surface area contributed by atoms with Crippen molar-refractivity contribution < 1.29 is 17.9 Å². The summed E-state index contributed by atoms with van der Waals surface area (Å²) < 4.78 is 27.3. The highest BCUT2D eigenvalue weighted by Crippen LogP contribution is 2.21. The molecule has 0 bridgehead atoms. The quantitative estimate of drug-likeness (QED) is 0.573. The van der Waals surface area contributed by atoms with Gasteiger partial charge in [-0.3, -0.25) is 4.79 Å². The van der Waals surface area contributed by atoms with Crippen molar-refractivity contribution in [3.8, 4) is 5.75 Å². The van der Waals surface area contributed by atoms with Gasteiger partial charge in [0.2, 0.25) is 0 Å².